The number of aromatic nitrogens is 4. The van der Waals surface area contributed by atoms with Crippen LogP contribution in [-0.2, 0) is 101 Å². The number of benzene rings is 3. The Morgan fingerprint density at radius 3 is 1.70 bits per heavy atom. The fourth-order valence-corrected chi connectivity index (χ4v) is 15.9. The molecule has 2 saturated heterocycles. The molecule has 17 amide bonds. The Morgan fingerprint density at radius 2 is 1.10 bits per heavy atom. The number of H-pyrrole nitrogens is 3. The number of aliphatic hydroxyl groups excluding tert-OH is 1. The standard InChI is InChI=1S/C90H126N24O18/c1-11-13-31-69-82(125)104-60(30-22-36-96-90(93)94)79(122)103-61(78(121)99-46-73(92)117)34-35-74(118)102-64(39-53-24-16-15-17-25-53)86(129)111(8)52(6)77(120)105-66(42-72(91)116)88(131)114-37-23-33-70(114)83(126)109-76(51(5)67-45-95-49-100-67)84(127)107-63(38-50(3)4)85(128)110(7)47-75(119)101-62(40-54-43-97-58-28-20-18-26-56(54)58)80(123)108-68(48-115)81(124)106-65(41-55-44-98-59-29-21-19-27-57(55)59)87(130)113(10)71(32-14-12-2)89(132)112(69)9/h15-21,24-29,43-45,49-50,52,60-66,68-71,76,97-98,115H,5,11-14,22-23,30-42,46-48H2,1-4,6-10H3,(H2,91,116)(H2,92,117)(H,95,100)(H,99,121)(H,101,119)(H,102,118)(H,103,122)(H,104,125)(H,105,120)(H,106,124)(H,107,127)(H,108,123)(H,109,126)(H4,93,94,96)/t52-,60-,61-,62-,63-,64-,65-,66-,68-,69-,70-,71-,76-/m0/s1. The molecule has 2 fully saturated rings. The first kappa shape index (κ1) is 103. The van der Waals surface area contributed by atoms with Crippen LogP contribution in [-0.4, -0.2) is 295 Å². The second-order valence-electron chi connectivity index (χ2n) is 33.8. The lowest BCUT2D eigenvalue weighted by molar-refractivity contribution is -0.149. The number of carbonyl (C=O) groups is 17. The molecule has 0 unspecified atom stereocenters. The quantitative estimate of drug-likeness (QED) is 0.0165. The lowest BCUT2D eigenvalue weighted by Crippen LogP contribution is -2.61. The van der Waals surface area contributed by atoms with Crippen LogP contribution < -0.4 is 75.7 Å². The monoisotopic (exact) mass is 1830 g/mol. The van der Waals surface area contributed by atoms with E-state index >= 15 is 28.8 Å². The zero-order valence-corrected chi connectivity index (χ0v) is 76.0. The lowest BCUT2D eigenvalue weighted by atomic mass is 10.00. The number of amides is 17. The highest BCUT2D eigenvalue weighted by atomic mass is 16.3. The van der Waals surface area contributed by atoms with Crippen LogP contribution in [0.3, 0.4) is 0 Å². The molecule has 8 rings (SSSR count). The molecule has 0 spiro atoms. The van der Waals surface area contributed by atoms with E-state index in [-0.39, 0.29) is 94.5 Å². The van der Waals surface area contributed by atoms with Crippen molar-refractivity contribution in [3.8, 4) is 0 Å². The average molecular weight is 1830 g/mol. The number of primary amides is 2. The number of carbonyl (C=O) groups excluding carboxylic acids is 17. The summed E-state index contributed by atoms with van der Waals surface area (Å²) in [6.45, 7) is 9.84. The van der Waals surface area contributed by atoms with Gasteiger partial charge in [0.25, 0.3) is 0 Å². The van der Waals surface area contributed by atoms with E-state index in [2.05, 4.69) is 85.0 Å². The maximum absolute atomic E-state index is 15.7. The van der Waals surface area contributed by atoms with Crippen molar-refractivity contribution >= 4 is 134 Å². The first-order valence-electron chi connectivity index (χ1n) is 44.3. The van der Waals surface area contributed by atoms with Crippen molar-refractivity contribution in [3.05, 3.63) is 133 Å². The Labute approximate surface area is 764 Å². The number of imidazole rings is 1. The average Bonchev–Trinajstić information content (AvgIpc) is 1.55. The number of guanidine groups is 1. The van der Waals surface area contributed by atoms with E-state index in [0.717, 1.165) is 24.5 Å². The van der Waals surface area contributed by atoms with E-state index in [1.165, 1.54) is 47.6 Å². The topological polar surface area (TPSA) is 621 Å². The molecular weight excluding hydrogens is 1710 g/mol. The molecule has 0 bridgehead atoms. The van der Waals surface area contributed by atoms with Crippen molar-refractivity contribution < 1.29 is 86.6 Å². The SMILES string of the molecule is C=C(c1cnc[nH]1)[C@@H]1NC(=O)[C@@H]2CCCN2C(=O)[C@H](CC(N)=O)NC(=O)[C@H](C)N(C)C(=O)[C@H](Cc2ccccc2)NC(=O)CC[C@@H](C(=O)NCC(N)=O)NC(=O)[C@H](CCCNC(=N)N)NC(=O)[C@H](CCCC)N(C)C(=O)[C@H](CCCC)N(C)C(=O)[C@H](Cc2c[nH]c3ccccc23)NC(=O)[C@H](CO)NC(=O)[C@H](Cc2c[nH]c3ccccc23)NC(=O)CN(C)C(=O)[C@H](CC(C)C)NC1=O. The zero-order chi connectivity index (χ0) is 96.7. The van der Waals surface area contributed by atoms with E-state index in [1.54, 1.807) is 105 Å². The van der Waals surface area contributed by atoms with E-state index < -0.39 is 224 Å². The third kappa shape index (κ3) is 29.0. The maximum Gasteiger partial charge on any atom is 0.247 e. The molecule has 714 valence electrons. The molecule has 3 aromatic heterocycles. The molecular formula is C90H126N24O18. The van der Waals surface area contributed by atoms with E-state index in [9.17, 15) is 57.8 Å². The number of aliphatic hydroxyl groups is 1. The number of likely N-dealkylation sites (N-methyl/N-ethyl adjacent to an activating group) is 4. The van der Waals surface area contributed by atoms with Gasteiger partial charge in [-0.2, -0.15) is 0 Å². The van der Waals surface area contributed by atoms with Gasteiger partial charge >= 0.3 is 0 Å². The summed E-state index contributed by atoms with van der Waals surface area (Å²) < 4.78 is 0. The maximum atomic E-state index is 15.7. The smallest absolute Gasteiger partial charge is 0.247 e. The minimum Gasteiger partial charge on any atom is -0.394 e. The number of hydrogen-bond acceptors (Lipinski definition) is 20. The normalized spacial score (nSPS) is 23.4. The van der Waals surface area contributed by atoms with E-state index in [4.69, 9.17) is 22.6 Å². The highest BCUT2D eigenvalue weighted by molar-refractivity contribution is 6.04. The van der Waals surface area contributed by atoms with Crippen LogP contribution >= 0.6 is 0 Å². The number of nitrogens with one attached hydrogen (secondary N) is 15. The Morgan fingerprint density at radius 1 is 0.545 bits per heavy atom. The molecule has 13 atom stereocenters. The van der Waals surface area contributed by atoms with Crippen molar-refractivity contribution in [1.29, 1.82) is 5.41 Å². The summed E-state index contributed by atoms with van der Waals surface area (Å²) >= 11 is 0. The highest BCUT2D eigenvalue weighted by Gasteiger charge is 2.44. The zero-order valence-electron chi connectivity index (χ0n) is 76.0. The Balaban J connectivity index is 1.20. The number of unbranched alkanes of at least 4 members (excludes halogenated alkanes) is 2. The Hall–Kier alpha value is -14.1. The third-order valence-electron chi connectivity index (χ3n) is 23.4. The molecule has 42 heteroatoms. The largest absolute Gasteiger partial charge is 0.394 e. The summed E-state index contributed by atoms with van der Waals surface area (Å²) in [7, 11) is 5.19. The van der Waals surface area contributed by atoms with Crippen LogP contribution in [0.1, 0.15) is 147 Å². The van der Waals surface area contributed by atoms with Crippen molar-refractivity contribution in [3.63, 3.8) is 0 Å². The lowest BCUT2D eigenvalue weighted by Gasteiger charge is -2.36. The number of fused-ring (bicyclic) bond motifs is 3. The molecule has 42 nitrogen and oxygen atoms in total. The molecule has 132 heavy (non-hydrogen) atoms. The van der Waals surface area contributed by atoms with Crippen molar-refractivity contribution in [2.24, 2.45) is 23.1 Å². The third-order valence-corrected chi connectivity index (χ3v) is 23.4. The molecule has 2 aliphatic rings. The fourth-order valence-electron chi connectivity index (χ4n) is 15.9. The van der Waals surface area contributed by atoms with Gasteiger partial charge in [-0.25, -0.2) is 4.98 Å². The van der Waals surface area contributed by atoms with Gasteiger partial charge in [-0.3, -0.25) is 86.9 Å². The Bertz CT molecular complexity index is 5110. The van der Waals surface area contributed by atoms with Gasteiger partial charge in [0.05, 0.1) is 44.3 Å². The minimum absolute atomic E-state index is 0.00416. The van der Waals surface area contributed by atoms with Crippen molar-refractivity contribution in [2.75, 3.05) is 61.0 Å². The second-order valence-corrected chi connectivity index (χ2v) is 33.8. The minimum atomic E-state index is -1.86. The molecule has 3 aromatic carbocycles. The molecule has 0 aliphatic carbocycles. The van der Waals surface area contributed by atoms with Gasteiger partial charge in [0.2, 0.25) is 100 Å². The van der Waals surface area contributed by atoms with Gasteiger partial charge in [0, 0.05) is 107 Å². The highest BCUT2D eigenvalue weighted by Crippen LogP contribution is 2.27. The molecule has 0 saturated carbocycles. The number of rotatable bonds is 26. The molecule has 2 aliphatic heterocycles. The number of aromatic amines is 3. The number of para-hydroxylation sites is 2. The predicted molar refractivity (Wildman–Crippen MR) is 487 cm³/mol. The van der Waals surface area contributed by atoms with Gasteiger partial charge < -0.3 is 120 Å². The summed E-state index contributed by atoms with van der Waals surface area (Å²) in [6.07, 6.45) is 4.59. The van der Waals surface area contributed by atoms with E-state index in [0.29, 0.717) is 64.2 Å². The van der Waals surface area contributed by atoms with Crippen LogP contribution in [0.15, 0.2) is 110 Å². The van der Waals surface area contributed by atoms with Crippen LogP contribution in [0, 0.1) is 11.3 Å². The van der Waals surface area contributed by atoms with Crippen molar-refractivity contribution in [1.82, 2.24) is 103 Å². The summed E-state index contributed by atoms with van der Waals surface area (Å²) in [4.78, 5) is 268. The van der Waals surface area contributed by atoms with Gasteiger partial charge in [-0.1, -0.05) is 127 Å². The van der Waals surface area contributed by atoms with Gasteiger partial charge in [0.15, 0.2) is 5.96 Å². The molecule has 22 N–H and O–H groups in total. The van der Waals surface area contributed by atoms with Gasteiger partial charge in [-0.15, -0.1) is 0 Å². The molecule has 5 heterocycles. The number of nitrogens with zero attached hydrogens (tertiary/aromatic N) is 6. The summed E-state index contributed by atoms with van der Waals surface area (Å²) in [6, 6.07) is 2.05. The number of hydrogen-bond donors (Lipinski definition) is 19. The number of nitrogens with two attached hydrogens (primary N) is 3. The van der Waals surface area contributed by atoms with Crippen LogP contribution in [0.5, 0.6) is 0 Å². The summed E-state index contributed by atoms with van der Waals surface area (Å²) in [5.41, 5.74) is 19.7. The van der Waals surface area contributed by atoms with Crippen LogP contribution in [0.2, 0.25) is 0 Å². The first-order valence-corrected chi connectivity index (χ1v) is 44.3. The first-order chi connectivity index (χ1) is 62.8. The molecule has 0 radical (unpaired) electrons. The van der Waals surface area contributed by atoms with E-state index in [1.807, 2.05) is 13.8 Å². The van der Waals surface area contributed by atoms with Gasteiger partial charge in [-0.05, 0) is 93.0 Å². The van der Waals surface area contributed by atoms with Crippen molar-refractivity contribution in [2.45, 2.75) is 222 Å². The molecule has 6 aromatic rings. The van der Waals surface area contributed by atoms with Crippen LogP contribution in [0.4, 0.5) is 0 Å². The summed E-state index contributed by atoms with van der Waals surface area (Å²) in [5.74, 6) is -16.9. The second kappa shape index (κ2) is 49.6. The predicted octanol–water partition coefficient (Wildman–Crippen LogP) is -1.62. The fraction of sp³-hybridized carbons (Fsp3) is 0.500. The summed E-state index contributed by atoms with van der Waals surface area (Å²) in [5, 5.41) is 49.2. The van der Waals surface area contributed by atoms with Gasteiger partial charge in [0.1, 0.15) is 78.5 Å². The Kier molecular flexibility index (Phi) is 38.8. The van der Waals surface area contributed by atoms with Crippen LogP contribution in [0.25, 0.3) is 27.4 Å².